The molecule has 0 unspecified atom stereocenters. The third kappa shape index (κ3) is 3.13. The molecule has 0 aliphatic carbocycles. The van der Waals surface area contributed by atoms with Gasteiger partial charge in [0.25, 0.3) is 0 Å². The summed E-state index contributed by atoms with van der Waals surface area (Å²) in [6.45, 7) is 5.86. The predicted molar refractivity (Wildman–Crippen MR) is 58.5 cm³/mol. The number of hydrogen-bond donors (Lipinski definition) is 0. The molecule has 0 N–H and O–H groups in total. The molecule has 2 nitrogen and oxygen atoms in total. The Kier molecular flexibility index (Phi) is 4.43. The number of halogens is 1. The van der Waals surface area contributed by atoms with Gasteiger partial charge >= 0.3 is 0 Å². The Labute approximate surface area is 89.7 Å². The van der Waals surface area contributed by atoms with Gasteiger partial charge in [0, 0.05) is 0 Å². The summed E-state index contributed by atoms with van der Waals surface area (Å²) in [5, 5.41) is 0. The van der Waals surface area contributed by atoms with Crippen LogP contribution in [0.5, 0.6) is 0 Å². The molecule has 0 saturated carbocycles. The van der Waals surface area contributed by atoms with Crippen molar-refractivity contribution in [2.24, 2.45) is 0 Å². The summed E-state index contributed by atoms with van der Waals surface area (Å²) >= 11 is 0. The summed E-state index contributed by atoms with van der Waals surface area (Å²) in [7, 11) is 0. The van der Waals surface area contributed by atoms with Gasteiger partial charge < -0.3 is 0 Å². The van der Waals surface area contributed by atoms with Gasteiger partial charge in [0.1, 0.15) is 5.82 Å². The smallest absolute Gasteiger partial charge is 0.179 e. The van der Waals surface area contributed by atoms with Crippen LogP contribution in [0.4, 0.5) is 4.39 Å². The van der Waals surface area contributed by atoms with Crippen molar-refractivity contribution in [1.82, 2.24) is 4.90 Å². The Bertz CT molecular complexity index is 334. The first-order valence-electron chi connectivity index (χ1n) is 5.19. The van der Waals surface area contributed by atoms with Gasteiger partial charge in [-0.3, -0.25) is 9.69 Å². The second kappa shape index (κ2) is 5.61. The molecular formula is C12H16FNO. The van der Waals surface area contributed by atoms with Crippen molar-refractivity contribution in [3.8, 4) is 0 Å². The largest absolute Gasteiger partial charge is 0.296 e. The number of carbonyl (C=O) groups excluding carboxylic acids is 1. The van der Waals surface area contributed by atoms with Crippen LogP contribution in [-0.2, 0) is 0 Å². The summed E-state index contributed by atoms with van der Waals surface area (Å²) < 4.78 is 13.3. The predicted octanol–water partition coefficient (Wildman–Crippen LogP) is 2.35. The van der Waals surface area contributed by atoms with E-state index in [0.29, 0.717) is 0 Å². The third-order valence-electron chi connectivity index (χ3n) is 2.44. The minimum absolute atomic E-state index is 0.156. The normalized spacial score (nSPS) is 10.7. The second-order valence-corrected chi connectivity index (χ2v) is 3.36. The van der Waals surface area contributed by atoms with Crippen molar-refractivity contribution in [1.29, 1.82) is 0 Å². The number of benzene rings is 1. The Morgan fingerprint density at radius 3 is 2.40 bits per heavy atom. The van der Waals surface area contributed by atoms with Crippen LogP contribution in [0.3, 0.4) is 0 Å². The number of ketones is 1. The SMILES string of the molecule is CCN(CC)CC(=O)c1ccccc1F. The maximum Gasteiger partial charge on any atom is 0.179 e. The lowest BCUT2D eigenvalue weighted by Gasteiger charge is -2.16. The quantitative estimate of drug-likeness (QED) is 0.694. The molecule has 3 heteroatoms. The maximum absolute atomic E-state index is 13.3. The van der Waals surface area contributed by atoms with Crippen LogP contribution in [0.15, 0.2) is 24.3 Å². The summed E-state index contributed by atoms with van der Waals surface area (Å²) in [4.78, 5) is 13.7. The van der Waals surface area contributed by atoms with E-state index >= 15 is 0 Å². The lowest BCUT2D eigenvalue weighted by Crippen LogP contribution is -2.29. The van der Waals surface area contributed by atoms with E-state index in [1.165, 1.54) is 12.1 Å². The minimum atomic E-state index is -0.436. The topological polar surface area (TPSA) is 20.3 Å². The zero-order valence-electron chi connectivity index (χ0n) is 9.16. The average molecular weight is 209 g/mol. The number of rotatable bonds is 5. The van der Waals surface area contributed by atoms with E-state index in [1.807, 2.05) is 18.7 Å². The van der Waals surface area contributed by atoms with Gasteiger partial charge in [-0.2, -0.15) is 0 Å². The summed E-state index contributed by atoms with van der Waals surface area (Å²) in [6.07, 6.45) is 0. The highest BCUT2D eigenvalue weighted by atomic mass is 19.1. The molecule has 0 saturated heterocycles. The fourth-order valence-corrected chi connectivity index (χ4v) is 1.42. The minimum Gasteiger partial charge on any atom is -0.296 e. The van der Waals surface area contributed by atoms with Gasteiger partial charge in [-0.25, -0.2) is 4.39 Å². The van der Waals surface area contributed by atoms with Gasteiger partial charge in [0.2, 0.25) is 0 Å². The highest BCUT2D eigenvalue weighted by Gasteiger charge is 2.13. The number of hydrogen-bond acceptors (Lipinski definition) is 2. The van der Waals surface area contributed by atoms with Crippen molar-refractivity contribution in [3.63, 3.8) is 0 Å². The standard InChI is InChI=1S/C12H16FNO/c1-3-14(4-2)9-12(15)10-7-5-6-8-11(10)13/h5-8H,3-4,9H2,1-2H3. The van der Waals surface area contributed by atoms with E-state index < -0.39 is 5.82 Å². The van der Waals surface area contributed by atoms with E-state index in [2.05, 4.69) is 0 Å². The van der Waals surface area contributed by atoms with Gasteiger partial charge in [0.15, 0.2) is 5.78 Å². The molecule has 0 amide bonds. The summed E-state index contributed by atoms with van der Waals surface area (Å²) in [5.41, 5.74) is 0.185. The Hall–Kier alpha value is -1.22. The van der Waals surface area contributed by atoms with Gasteiger partial charge in [-0.1, -0.05) is 26.0 Å². The van der Waals surface area contributed by atoms with Gasteiger partial charge in [-0.15, -0.1) is 0 Å². The molecule has 1 aromatic carbocycles. The Balaban J connectivity index is 2.73. The first kappa shape index (κ1) is 11.9. The molecule has 0 bridgehead atoms. The van der Waals surface area contributed by atoms with Crippen LogP contribution in [0, 0.1) is 5.82 Å². The van der Waals surface area contributed by atoms with Crippen LogP contribution in [0.1, 0.15) is 24.2 Å². The summed E-state index contributed by atoms with van der Waals surface area (Å²) in [6, 6.07) is 6.11. The van der Waals surface area contributed by atoms with Crippen molar-refractivity contribution in [2.45, 2.75) is 13.8 Å². The van der Waals surface area contributed by atoms with Crippen LogP contribution < -0.4 is 0 Å². The fraction of sp³-hybridized carbons (Fsp3) is 0.417. The van der Waals surface area contributed by atoms with Crippen molar-refractivity contribution in [3.05, 3.63) is 35.6 Å². The number of Topliss-reactive ketones (excluding diaryl/α,β-unsaturated/α-hetero) is 1. The van der Waals surface area contributed by atoms with Crippen molar-refractivity contribution < 1.29 is 9.18 Å². The van der Waals surface area contributed by atoms with E-state index in [9.17, 15) is 9.18 Å². The van der Waals surface area contributed by atoms with E-state index in [0.717, 1.165) is 13.1 Å². The molecule has 0 radical (unpaired) electrons. The van der Waals surface area contributed by atoms with Gasteiger partial charge in [-0.05, 0) is 25.2 Å². The molecular weight excluding hydrogens is 193 g/mol. The zero-order valence-corrected chi connectivity index (χ0v) is 9.16. The number of nitrogens with zero attached hydrogens (tertiary/aromatic N) is 1. The van der Waals surface area contributed by atoms with Gasteiger partial charge in [0.05, 0.1) is 12.1 Å². The van der Waals surface area contributed by atoms with Crippen LogP contribution >= 0.6 is 0 Å². The monoisotopic (exact) mass is 209 g/mol. The van der Waals surface area contributed by atoms with E-state index in [1.54, 1.807) is 12.1 Å². The second-order valence-electron chi connectivity index (χ2n) is 3.36. The molecule has 82 valence electrons. The van der Waals surface area contributed by atoms with Crippen molar-refractivity contribution in [2.75, 3.05) is 19.6 Å². The highest BCUT2D eigenvalue weighted by molar-refractivity contribution is 5.97. The molecule has 0 heterocycles. The lowest BCUT2D eigenvalue weighted by atomic mass is 10.1. The molecule has 0 fully saturated rings. The molecule has 0 spiro atoms. The van der Waals surface area contributed by atoms with Crippen LogP contribution in [0.25, 0.3) is 0 Å². The Morgan fingerprint density at radius 2 is 1.87 bits per heavy atom. The van der Waals surface area contributed by atoms with Crippen LogP contribution in [0.2, 0.25) is 0 Å². The number of likely N-dealkylation sites (N-methyl/N-ethyl adjacent to an activating group) is 1. The first-order valence-corrected chi connectivity index (χ1v) is 5.19. The molecule has 0 atom stereocenters. The average Bonchev–Trinajstić information content (AvgIpc) is 2.26. The van der Waals surface area contributed by atoms with E-state index in [4.69, 9.17) is 0 Å². The Morgan fingerprint density at radius 1 is 1.27 bits per heavy atom. The first-order chi connectivity index (χ1) is 7.19. The zero-order chi connectivity index (χ0) is 11.3. The number of carbonyl (C=O) groups is 1. The maximum atomic E-state index is 13.3. The highest BCUT2D eigenvalue weighted by Crippen LogP contribution is 2.07. The lowest BCUT2D eigenvalue weighted by molar-refractivity contribution is 0.0933. The van der Waals surface area contributed by atoms with E-state index in [-0.39, 0.29) is 17.9 Å². The molecule has 1 aromatic rings. The van der Waals surface area contributed by atoms with Crippen LogP contribution in [-0.4, -0.2) is 30.3 Å². The summed E-state index contributed by atoms with van der Waals surface area (Å²) in [5.74, 6) is -0.591. The molecule has 0 aliphatic heterocycles. The third-order valence-corrected chi connectivity index (χ3v) is 2.44. The fourth-order valence-electron chi connectivity index (χ4n) is 1.42. The molecule has 1 rings (SSSR count). The molecule has 0 aliphatic rings. The molecule has 15 heavy (non-hydrogen) atoms. The molecule has 0 aromatic heterocycles. The van der Waals surface area contributed by atoms with Crippen molar-refractivity contribution >= 4 is 5.78 Å².